The van der Waals surface area contributed by atoms with E-state index in [2.05, 4.69) is 20.3 Å². The van der Waals surface area contributed by atoms with Crippen molar-refractivity contribution in [1.82, 2.24) is 29.4 Å². The van der Waals surface area contributed by atoms with Gasteiger partial charge in [-0.3, -0.25) is 4.79 Å². The molecule has 4 aromatic heterocycles. The van der Waals surface area contributed by atoms with Crippen molar-refractivity contribution >= 4 is 28.1 Å². The lowest BCUT2D eigenvalue weighted by molar-refractivity contribution is 0.572. The van der Waals surface area contributed by atoms with Crippen molar-refractivity contribution in [3.8, 4) is 11.6 Å². The first-order chi connectivity index (χ1) is 11.6. The third-order valence-electron chi connectivity index (χ3n) is 3.32. The number of aryl methyl sites for hydroxylation is 1. The van der Waals surface area contributed by atoms with E-state index < -0.39 is 0 Å². The van der Waals surface area contributed by atoms with Gasteiger partial charge in [-0.15, -0.1) is 10.2 Å². The fourth-order valence-corrected chi connectivity index (χ4v) is 3.80. The summed E-state index contributed by atoms with van der Waals surface area (Å²) in [4.78, 5) is 17.1. The highest BCUT2D eigenvalue weighted by atomic mass is 32.2. The quantitative estimate of drug-likeness (QED) is 0.515. The van der Waals surface area contributed by atoms with Crippen molar-refractivity contribution in [2.75, 3.05) is 0 Å². The van der Waals surface area contributed by atoms with Crippen molar-refractivity contribution < 1.29 is 4.42 Å². The number of furan rings is 1. The fraction of sp³-hybridized carbons (Fsp3) is 0.214. The number of fused-ring (bicyclic) bond motifs is 1. The summed E-state index contributed by atoms with van der Waals surface area (Å²) in [5.41, 5.74) is 0.519. The van der Waals surface area contributed by atoms with Gasteiger partial charge < -0.3 is 8.98 Å². The van der Waals surface area contributed by atoms with Gasteiger partial charge >= 0.3 is 0 Å². The summed E-state index contributed by atoms with van der Waals surface area (Å²) < 4.78 is 8.53. The van der Waals surface area contributed by atoms with Crippen molar-refractivity contribution in [1.29, 1.82) is 0 Å². The fourth-order valence-electron chi connectivity index (χ4n) is 2.23. The van der Waals surface area contributed by atoms with Gasteiger partial charge in [0, 0.05) is 18.9 Å². The van der Waals surface area contributed by atoms with Gasteiger partial charge in [-0.05, 0) is 19.1 Å². The summed E-state index contributed by atoms with van der Waals surface area (Å²) >= 11 is 2.86. The minimum atomic E-state index is -0.172. The lowest BCUT2D eigenvalue weighted by Crippen LogP contribution is -2.15. The molecule has 0 amide bonds. The maximum Gasteiger partial charge on any atom is 0.275 e. The molecule has 0 N–H and O–H groups in total. The van der Waals surface area contributed by atoms with E-state index >= 15 is 0 Å². The molecule has 10 heteroatoms. The van der Waals surface area contributed by atoms with Crippen LogP contribution in [0.5, 0.6) is 0 Å². The number of hydrogen-bond acceptors (Lipinski definition) is 8. The summed E-state index contributed by atoms with van der Waals surface area (Å²) in [7, 11) is 1.87. The minimum absolute atomic E-state index is 0.172. The number of thioether (sulfide) groups is 1. The van der Waals surface area contributed by atoms with Crippen LogP contribution in [0.15, 0.2) is 38.8 Å². The van der Waals surface area contributed by atoms with Crippen LogP contribution < -0.4 is 5.56 Å². The lowest BCUT2D eigenvalue weighted by Gasteiger charge is -2.02. The van der Waals surface area contributed by atoms with Gasteiger partial charge in [-0.2, -0.15) is 9.61 Å². The predicted molar refractivity (Wildman–Crippen MR) is 90.1 cm³/mol. The third kappa shape index (κ3) is 2.63. The maximum absolute atomic E-state index is 12.1. The third-order valence-corrected chi connectivity index (χ3v) is 5.20. The second-order valence-electron chi connectivity index (χ2n) is 5.03. The molecule has 4 aromatic rings. The average Bonchev–Trinajstić information content (AvgIpc) is 3.25. The number of aromatic nitrogens is 6. The van der Waals surface area contributed by atoms with E-state index in [-0.39, 0.29) is 5.56 Å². The number of rotatable bonds is 4. The molecular weight excluding hydrogens is 348 g/mol. The van der Waals surface area contributed by atoms with Gasteiger partial charge in [0.15, 0.2) is 16.7 Å². The van der Waals surface area contributed by atoms with E-state index in [9.17, 15) is 4.79 Å². The summed E-state index contributed by atoms with van der Waals surface area (Å²) in [6.45, 7) is 1.85. The summed E-state index contributed by atoms with van der Waals surface area (Å²) in [5.74, 6) is 1.84. The van der Waals surface area contributed by atoms with Crippen LogP contribution in [-0.2, 0) is 12.8 Å². The van der Waals surface area contributed by atoms with Crippen LogP contribution in [0.25, 0.3) is 16.5 Å². The molecule has 0 radical (unpaired) electrons. The molecule has 8 nitrogen and oxygen atoms in total. The van der Waals surface area contributed by atoms with Crippen molar-refractivity contribution in [2.24, 2.45) is 7.05 Å². The van der Waals surface area contributed by atoms with Crippen LogP contribution in [0.3, 0.4) is 0 Å². The zero-order chi connectivity index (χ0) is 16.7. The van der Waals surface area contributed by atoms with Crippen LogP contribution >= 0.6 is 23.1 Å². The van der Waals surface area contributed by atoms with Crippen molar-refractivity contribution in [2.45, 2.75) is 17.8 Å². The van der Waals surface area contributed by atoms with Gasteiger partial charge in [0.25, 0.3) is 5.56 Å². The highest BCUT2D eigenvalue weighted by Crippen LogP contribution is 2.25. The molecule has 0 bridgehead atoms. The molecule has 0 aliphatic carbocycles. The number of hydrogen-bond donors (Lipinski definition) is 0. The molecule has 0 saturated heterocycles. The van der Waals surface area contributed by atoms with E-state index in [1.165, 1.54) is 33.7 Å². The van der Waals surface area contributed by atoms with Crippen LogP contribution in [0.4, 0.5) is 0 Å². The molecule has 0 aromatic carbocycles. The maximum atomic E-state index is 12.1. The Morgan fingerprint density at radius 3 is 3.04 bits per heavy atom. The minimum Gasteiger partial charge on any atom is -0.461 e. The first-order valence-electron chi connectivity index (χ1n) is 7.04. The molecule has 0 atom stereocenters. The van der Waals surface area contributed by atoms with Crippen LogP contribution in [0.1, 0.15) is 10.7 Å². The Kier molecular flexibility index (Phi) is 3.69. The molecule has 4 heterocycles. The Bertz CT molecular complexity index is 1060. The Labute approximate surface area is 144 Å². The van der Waals surface area contributed by atoms with Gasteiger partial charge in [0.05, 0.1) is 12.0 Å². The molecule has 0 unspecified atom stereocenters. The van der Waals surface area contributed by atoms with E-state index in [0.717, 1.165) is 10.2 Å². The molecule has 24 heavy (non-hydrogen) atoms. The van der Waals surface area contributed by atoms with E-state index in [1.807, 2.05) is 24.6 Å². The van der Waals surface area contributed by atoms with Crippen LogP contribution in [0, 0.1) is 6.92 Å². The molecule has 0 aliphatic rings. The summed E-state index contributed by atoms with van der Waals surface area (Å²) in [6.07, 6.45) is 1.60. The topological polar surface area (TPSA) is 91.1 Å². The van der Waals surface area contributed by atoms with Gasteiger partial charge in [-0.25, -0.2) is 4.98 Å². The molecule has 0 spiro atoms. The molecule has 0 aliphatic heterocycles. The first-order valence-corrected chi connectivity index (χ1v) is 8.84. The van der Waals surface area contributed by atoms with Crippen molar-refractivity contribution in [3.63, 3.8) is 0 Å². The van der Waals surface area contributed by atoms with E-state index in [1.54, 1.807) is 12.3 Å². The first kappa shape index (κ1) is 15.1. The van der Waals surface area contributed by atoms with Gasteiger partial charge in [0.2, 0.25) is 4.96 Å². The second kappa shape index (κ2) is 5.87. The molecule has 122 valence electrons. The highest BCUT2D eigenvalue weighted by Gasteiger charge is 2.14. The average molecular weight is 360 g/mol. The van der Waals surface area contributed by atoms with Crippen molar-refractivity contribution in [3.05, 3.63) is 45.5 Å². The van der Waals surface area contributed by atoms with E-state index in [0.29, 0.717) is 28.0 Å². The Morgan fingerprint density at radius 2 is 2.25 bits per heavy atom. The van der Waals surface area contributed by atoms with Crippen LogP contribution in [0.2, 0.25) is 0 Å². The molecule has 4 rings (SSSR count). The van der Waals surface area contributed by atoms with E-state index in [4.69, 9.17) is 4.42 Å². The predicted octanol–water partition coefficient (Wildman–Crippen LogP) is 2.14. The largest absolute Gasteiger partial charge is 0.461 e. The number of nitrogens with zero attached hydrogens (tertiary/aromatic N) is 6. The summed E-state index contributed by atoms with van der Waals surface area (Å²) in [6, 6.07) is 5.14. The van der Waals surface area contributed by atoms with Gasteiger partial charge in [0.1, 0.15) is 5.01 Å². The molecule has 0 saturated carbocycles. The summed E-state index contributed by atoms with van der Waals surface area (Å²) in [5, 5.41) is 14.0. The van der Waals surface area contributed by atoms with Gasteiger partial charge in [-0.1, -0.05) is 23.1 Å². The molecular formula is C14H12N6O2S2. The smallest absolute Gasteiger partial charge is 0.275 e. The standard InChI is InChI=1S/C14H12N6O2S2/c1-8-18-20-11(21)6-9(15-13(20)24-8)7-23-14-17-16-12(19(14)2)10-4-3-5-22-10/h3-6H,7H2,1-2H3. The Morgan fingerprint density at radius 1 is 1.38 bits per heavy atom. The Hall–Kier alpha value is -2.46. The zero-order valence-corrected chi connectivity index (χ0v) is 14.5. The second-order valence-corrected chi connectivity index (χ2v) is 7.13. The molecule has 0 fully saturated rings. The highest BCUT2D eigenvalue weighted by molar-refractivity contribution is 7.98. The monoisotopic (exact) mass is 360 g/mol. The lowest BCUT2D eigenvalue weighted by atomic mass is 10.4. The SMILES string of the molecule is Cc1nn2c(=O)cc(CSc3nnc(-c4ccco4)n3C)nc2s1. The van der Waals surface area contributed by atoms with Crippen LogP contribution in [-0.4, -0.2) is 29.4 Å². The zero-order valence-electron chi connectivity index (χ0n) is 12.8. The Balaban J connectivity index is 1.58. The normalized spacial score (nSPS) is 11.4.